The Bertz CT molecular complexity index is 750. The van der Waals surface area contributed by atoms with Crippen LogP contribution < -0.4 is 5.32 Å². The van der Waals surface area contributed by atoms with Crippen molar-refractivity contribution in [2.75, 3.05) is 0 Å². The van der Waals surface area contributed by atoms with Gasteiger partial charge in [-0.2, -0.15) is 0 Å². The first-order valence-corrected chi connectivity index (χ1v) is 8.48. The molecule has 1 N–H and O–H groups in total. The van der Waals surface area contributed by atoms with Gasteiger partial charge in [-0.15, -0.1) is 11.3 Å². The molecular weight excluding hydrogens is 308 g/mol. The molecule has 2 aromatic heterocycles. The molecule has 4 nitrogen and oxygen atoms in total. The number of hydrogen-bond acceptors (Lipinski definition) is 4. The van der Waals surface area contributed by atoms with Crippen molar-refractivity contribution >= 4 is 17.2 Å². The van der Waals surface area contributed by atoms with Gasteiger partial charge in [-0.3, -0.25) is 4.79 Å². The number of nitrogens with zero attached hydrogens (tertiary/aromatic N) is 1. The summed E-state index contributed by atoms with van der Waals surface area (Å²) in [7, 11) is 0. The number of carbonyl (C=O) groups is 1. The van der Waals surface area contributed by atoms with E-state index in [1.165, 1.54) is 0 Å². The van der Waals surface area contributed by atoms with Crippen LogP contribution in [0.1, 0.15) is 30.5 Å². The zero-order valence-electron chi connectivity index (χ0n) is 12.9. The minimum atomic E-state index is -0.139. The maximum Gasteiger partial charge on any atom is 0.227 e. The number of rotatable bonds is 6. The lowest BCUT2D eigenvalue weighted by Gasteiger charge is -2.14. The number of thiophene rings is 1. The minimum Gasteiger partial charge on any atom is -0.355 e. The van der Waals surface area contributed by atoms with Gasteiger partial charge in [0.15, 0.2) is 5.76 Å². The van der Waals surface area contributed by atoms with Crippen LogP contribution in [0.15, 0.2) is 58.4 Å². The Morgan fingerprint density at radius 3 is 2.78 bits per heavy atom. The van der Waals surface area contributed by atoms with E-state index in [-0.39, 0.29) is 11.8 Å². The van der Waals surface area contributed by atoms with Crippen LogP contribution >= 0.6 is 11.3 Å². The number of benzene rings is 1. The van der Waals surface area contributed by atoms with Gasteiger partial charge in [0.1, 0.15) is 5.69 Å². The number of amides is 1. The van der Waals surface area contributed by atoms with Crippen LogP contribution in [0.3, 0.4) is 0 Å². The van der Waals surface area contributed by atoms with E-state index in [4.69, 9.17) is 4.52 Å². The van der Waals surface area contributed by atoms with Gasteiger partial charge in [0.2, 0.25) is 5.91 Å². The van der Waals surface area contributed by atoms with Gasteiger partial charge < -0.3 is 9.84 Å². The maximum atomic E-state index is 12.4. The SMILES string of the molecule is CCC(C(=O)NCc1cc(-c2cccs2)on1)c1ccccc1. The summed E-state index contributed by atoms with van der Waals surface area (Å²) in [6.07, 6.45) is 0.759. The quantitative estimate of drug-likeness (QED) is 0.738. The van der Waals surface area contributed by atoms with E-state index in [0.717, 1.165) is 28.3 Å². The number of aromatic nitrogens is 1. The number of hydrogen-bond donors (Lipinski definition) is 1. The molecule has 0 aliphatic rings. The van der Waals surface area contributed by atoms with Gasteiger partial charge >= 0.3 is 0 Å². The van der Waals surface area contributed by atoms with E-state index in [2.05, 4.69) is 10.5 Å². The second-order valence-electron chi connectivity index (χ2n) is 5.25. The smallest absolute Gasteiger partial charge is 0.227 e. The molecule has 3 rings (SSSR count). The summed E-state index contributed by atoms with van der Waals surface area (Å²) in [5.74, 6) is 0.610. The molecule has 0 aliphatic carbocycles. The third-order valence-electron chi connectivity index (χ3n) is 3.69. The first-order chi connectivity index (χ1) is 11.3. The molecule has 0 saturated heterocycles. The molecule has 2 heterocycles. The third kappa shape index (κ3) is 3.68. The van der Waals surface area contributed by atoms with Crippen LogP contribution in [0.2, 0.25) is 0 Å². The van der Waals surface area contributed by atoms with E-state index in [0.29, 0.717) is 6.54 Å². The summed E-state index contributed by atoms with van der Waals surface area (Å²) in [6.45, 7) is 2.39. The van der Waals surface area contributed by atoms with Crippen molar-refractivity contribution in [3.63, 3.8) is 0 Å². The van der Waals surface area contributed by atoms with E-state index in [9.17, 15) is 4.79 Å². The molecule has 0 saturated carbocycles. The van der Waals surface area contributed by atoms with Gasteiger partial charge in [0.05, 0.1) is 17.3 Å². The molecule has 1 unspecified atom stereocenters. The lowest BCUT2D eigenvalue weighted by Crippen LogP contribution is -2.28. The van der Waals surface area contributed by atoms with Gasteiger partial charge in [-0.1, -0.05) is 48.5 Å². The molecule has 1 aromatic carbocycles. The highest BCUT2D eigenvalue weighted by atomic mass is 32.1. The highest BCUT2D eigenvalue weighted by Gasteiger charge is 2.18. The van der Waals surface area contributed by atoms with E-state index in [1.54, 1.807) is 11.3 Å². The lowest BCUT2D eigenvalue weighted by atomic mass is 9.96. The molecule has 1 amide bonds. The topological polar surface area (TPSA) is 55.1 Å². The molecule has 23 heavy (non-hydrogen) atoms. The van der Waals surface area contributed by atoms with Crippen LogP contribution in [-0.2, 0) is 11.3 Å². The Hall–Kier alpha value is -2.40. The number of carbonyl (C=O) groups excluding carboxylic acids is 1. The lowest BCUT2D eigenvalue weighted by molar-refractivity contribution is -0.122. The fraction of sp³-hybridized carbons (Fsp3) is 0.222. The van der Waals surface area contributed by atoms with Gasteiger partial charge in [0.25, 0.3) is 0 Å². The zero-order valence-corrected chi connectivity index (χ0v) is 13.7. The van der Waals surface area contributed by atoms with Crippen LogP contribution in [0, 0.1) is 0 Å². The van der Waals surface area contributed by atoms with Crippen molar-refractivity contribution in [2.45, 2.75) is 25.8 Å². The van der Waals surface area contributed by atoms with E-state index >= 15 is 0 Å². The molecule has 0 aliphatic heterocycles. The highest BCUT2D eigenvalue weighted by Crippen LogP contribution is 2.25. The monoisotopic (exact) mass is 326 g/mol. The Kier molecular flexibility index (Phi) is 4.88. The highest BCUT2D eigenvalue weighted by molar-refractivity contribution is 7.13. The first-order valence-electron chi connectivity index (χ1n) is 7.60. The summed E-state index contributed by atoms with van der Waals surface area (Å²) in [5, 5.41) is 8.96. The second kappa shape index (κ2) is 7.24. The number of nitrogens with one attached hydrogen (secondary N) is 1. The summed E-state index contributed by atoms with van der Waals surface area (Å²) >= 11 is 1.60. The Morgan fingerprint density at radius 2 is 2.09 bits per heavy atom. The minimum absolute atomic E-state index is 0.0133. The fourth-order valence-electron chi connectivity index (χ4n) is 2.49. The third-order valence-corrected chi connectivity index (χ3v) is 4.58. The van der Waals surface area contributed by atoms with Crippen LogP contribution in [0.25, 0.3) is 10.6 Å². The average Bonchev–Trinajstić information content (AvgIpc) is 3.26. The summed E-state index contributed by atoms with van der Waals surface area (Å²) in [6, 6.07) is 15.7. The van der Waals surface area contributed by atoms with Crippen molar-refractivity contribution in [3.05, 3.63) is 65.2 Å². The standard InChI is InChI=1S/C18H18N2O2S/c1-2-15(13-7-4-3-5-8-13)18(21)19-12-14-11-16(22-20-14)17-9-6-10-23-17/h3-11,15H,2,12H2,1H3,(H,19,21). The molecular formula is C18H18N2O2S. The van der Waals surface area contributed by atoms with E-state index in [1.807, 2.05) is 60.8 Å². The Balaban J connectivity index is 1.62. The van der Waals surface area contributed by atoms with E-state index < -0.39 is 0 Å². The largest absolute Gasteiger partial charge is 0.355 e. The molecule has 0 fully saturated rings. The Labute approximate surface area is 139 Å². The molecule has 5 heteroatoms. The molecule has 0 spiro atoms. The van der Waals surface area contributed by atoms with Crippen molar-refractivity contribution in [2.24, 2.45) is 0 Å². The summed E-state index contributed by atoms with van der Waals surface area (Å²) < 4.78 is 5.32. The summed E-state index contributed by atoms with van der Waals surface area (Å²) in [4.78, 5) is 13.4. The normalized spacial score (nSPS) is 12.0. The van der Waals surface area contributed by atoms with Crippen molar-refractivity contribution in [3.8, 4) is 10.6 Å². The van der Waals surface area contributed by atoms with Gasteiger partial charge in [-0.05, 0) is 23.4 Å². The first kappa shape index (κ1) is 15.5. The second-order valence-corrected chi connectivity index (χ2v) is 6.20. The van der Waals surface area contributed by atoms with Gasteiger partial charge in [-0.25, -0.2) is 0 Å². The fourth-order valence-corrected chi connectivity index (χ4v) is 3.16. The van der Waals surface area contributed by atoms with Gasteiger partial charge in [0, 0.05) is 6.07 Å². The molecule has 1 atom stereocenters. The zero-order chi connectivity index (χ0) is 16.1. The molecule has 0 bridgehead atoms. The Morgan fingerprint density at radius 1 is 1.26 bits per heavy atom. The molecule has 3 aromatic rings. The molecule has 0 radical (unpaired) electrons. The predicted octanol–water partition coefficient (Wildman–Crippen LogP) is 4.21. The molecule has 118 valence electrons. The van der Waals surface area contributed by atoms with Crippen LogP contribution in [0.5, 0.6) is 0 Å². The van der Waals surface area contributed by atoms with Crippen LogP contribution in [-0.4, -0.2) is 11.1 Å². The maximum absolute atomic E-state index is 12.4. The van der Waals surface area contributed by atoms with Crippen molar-refractivity contribution < 1.29 is 9.32 Å². The van der Waals surface area contributed by atoms with Crippen molar-refractivity contribution in [1.29, 1.82) is 0 Å². The van der Waals surface area contributed by atoms with Crippen molar-refractivity contribution in [1.82, 2.24) is 10.5 Å². The van der Waals surface area contributed by atoms with Crippen LogP contribution in [0.4, 0.5) is 0 Å². The average molecular weight is 326 g/mol. The summed E-state index contributed by atoms with van der Waals surface area (Å²) in [5.41, 5.74) is 1.76. The predicted molar refractivity (Wildman–Crippen MR) is 91.1 cm³/mol.